The molecule has 0 unspecified atom stereocenters. The van der Waals surface area contributed by atoms with Crippen molar-refractivity contribution in [1.82, 2.24) is 10.2 Å². The van der Waals surface area contributed by atoms with Crippen LogP contribution < -0.4 is 5.32 Å². The van der Waals surface area contributed by atoms with E-state index in [-0.39, 0.29) is 13.0 Å². The Balaban J connectivity index is 2.71. The molecule has 0 radical (unpaired) electrons. The van der Waals surface area contributed by atoms with Crippen LogP contribution in [0, 0.1) is 12.3 Å². The van der Waals surface area contributed by atoms with E-state index in [2.05, 4.69) is 5.92 Å². The van der Waals surface area contributed by atoms with E-state index in [4.69, 9.17) is 11.2 Å². The number of hydrogen-bond donors (Lipinski definition) is 1. The van der Waals surface area contributed by atoms with Gasteiger partial charge in [0.2, 0.25) is 0 Å². The first-order chi connectivity index (χ1) is 9.44. The van der Waals surface area contributed by atoms with Crippen LogP contribution in [0.1, 0.15) is 27.2 Å². The molecule has 1 aliphatic rings. The fourth-order valence-electron chi connectivity index (χ4n) is 1.89. The van der Waals surface area contributed by atoms with Crippen LogP contribution >= 0.6 is 0 Å². The zero-order valence-electron chi connectivity index (χ0n) is 12.0. The van der Waals surface area contributed by atoms with Crippen LogP contribution in [0.5, 0.6) is 0 Å². The van der Waals surface area contributed by atoms with Gasteiger partial charge in [0, 0.05) is 19.0 Å². The number of ether oxygens (including phenoxy) is 1. The van der Waals surface area contributed by atoms with Gasteiger partial charge in [-0.2, -0.15) is 13.2 Å². The van der Waals surface area contributed by atoms with E-state index in [1.54, 1.807) is 20.8 Å². The lowest BCUT2D eigenvalue weighted by Crippen LogP contribution is -2.45. The van der Waals surface area contributed by atoms with Crippen molar-refractivity contribution < 1.29 is 27.5 Å². The molecule has 0 aromatic heterocycles. The highest BCUT2D eigenvalue weighted by Gasteiger charge is 2.43. The maximum Gasteiger partial charge on any atom is 0.471 e. The maximum absolute atomic E-state index is 12.2. The van der Waals surface area contributed by atoms with E-state index in [0.717, 1.165) is 4.90 Å². The van der Waals surface area contributed by atoms with Crippen molar-refractivity contribution in [3.05, 3.63) is 0 Å². The fourth-order valence-corrected chi connectivity index (χ4v) is 1.89. The van der Waals surface area contributed by atoms with Gasteiger partial charge in [0.1, 0.15) is 5.60 Å². The molecule has 0 saturated carbocycles. The molecule has 1 heterocycles. The molecule has 8 heteroatoms. The number of carbonyl (C=O) groups excluding carboxylic acids is 2. The highest BCUT2D eigenvalue weighted by Crippen LogP contribution is 2.22. The van der Waals surface area contributed by atoms with Gasteiger partial charge >= 0.3 is 18.2 Å². The first kappa shape index (κ1) is 17.1. The second-order valence-corrected chi connectivity index (χ2v) is 5.72. The molecule has 1 fully saturated rings. The topological polar surface area (TPSA) is 58.6 Å². The third kappa shape index (κ3) is 4.85. The summed E-state index contributed by atoms with van der Waals surface area (Å²) < 4.78 is 41.7. The number of terminal acetylenes is 1. The van der Waals surface area contributed by atoms with Crippen molar-refractivity contribution in [1.29, 1.82) is 0 Å². The Bertz CT molecular complexity index is 463. The predicted octanol–water partition coefficient (Wildman–Crippen LogP) is 1.68. The molecule has 1 saturated heterocycles. The number of alkyl halides is 3. The van der Waals surface area contributed by atoms with Crippen molar-refractivity contribution in [2.75, 3.05) is 6.54 Å². The van der Waals surface area contributed by atoms with Crippen LogP contribution in [0.2, 0.25) is 0 Å². The lowest BCUT2D eigenvalue weighted by Gasteiger charge is -2.26. The Hall–Kier alpha value is -1.91. The van der Waals surface area contributed by atoms with Crippen LogP contribution in [0.25, 0.3) is 0 Å². The summed E-state index contributed by atoms with van der Waals surface area (Å²) in [7, 11) is 0. The summed E-state index contributed by atoms with van der Waals surface area (Å²) in [5, 5.41) is 1.82. The maximum atomic E-state index is 12.2. The van der Waals surface area contributed by atoms with Crippen LogP contribution in [0.4, 0.5) is 18.0 Å². The molecule has 0 aromatic carbocycles. The summed E-state index contributed by atoms with van der Waals surface area (Å²) in [5.41, 5.74) is -0.746. The Morgan fingerprint density at radius 3 is 2.33 bits per heavy atom. The van der Waals surface area contributed by atoms with Gasteiger partial charge in [-0.25, -0.2) is 4.79 Å². The molecule has 5 nitrogen and oxygen atoms in total. The summed E-state index contributed by atoms with van der Waals surface area (Å²) in [6.07, 6.45) is -0.358. The van der Waals surface area contributed by atoms with Gasteiger partial charge in [-0.15, -0.1) is 6.42 Å². The van der Waals surface area contributed by atoms with Crippen LogP contribution in [-0.2, 0) is 9.53 Å². The normalized spacial score (nSPS) is 22.6. The lowest BCUT2D eigenvalue weighted by atomic mass is 10.2. The molecule has 0 aromatic rings. The minimum absolute atomic E-state index is 0.0531. The molecule has 2 atom stereocenters. The second-order valence-electron chi connectivity index (χ2n) is 5.72. The zero-order chi connectivity index (χ0) is 16.4. The first-order valence-corrected chi connectivity index (χ1v) is 6.27. The van der Waals surface area contributed by atoms with E-state index in [0.29, 0.717) is 0 Å². The average Bonchev–Trinajstić information content (AvgIpc) is 2.68. The second kappa shape index (κ2) is 5.84. The third-order valence-corrected chi connectivity index (χ3v) is 2.71. The molecule has 0 spiro atoms. The summed E-state index contributed by atoms with van der Waals surface area (Å²) in [4.78, 5) is 24.0. The summed E-state index contributed by atoms with van der Waals surface area (Å²) in [6, 6.07) is -1.56. The van der Waals surface area contributed by atoms with Crippen LogP contribution in [0.15, 0.2) is 0 Å². The van der Waals surface area contributed by atoms with E-state index < -0.39 is 35.9 Å². The van der Waals surface area contributed by atoms with Gasteiger partial charge in [0.15, 0.2) is 0 Å². The quantitative estimate of drug-likeness (QED) is 0.750. The zero-order valence-corrected chi connectivity index (χ0v) is 12.0. The number of nitrogens with zero attached hydrogens (tertiary/aromatic N) is 1. The van der Waals surface area contributed by atoms with Crippen molar-refractivity contribution in [3.8, 4) is 12.3 Å². The van der Waals surface area contributed by atoms with Gasteiger partial charge in [0.05, 0.1) is 6.04 Å². The van der Waals surface area contributed by atoms with Crippen LogP contribution in [-0.4, -0.2) is 47.3 Å². The van der Waals surface area contributed by atoms with Gasteiger partial charge in [0.25, 0.3) is 0 Å². The number of nitrogens with one attached hydrogen (secondary N) is 1. The average molecular weight is 306 g/mol. The van der Waals surface area contributed by atoms with Crippen molar-refractivity contribution in [2.45, 2.75) is 51.1 Å². The van der Waals surface area contributed by atoms with Gasteiger partial charge in [-0.05, 0) is 20.8 Å². The highest BCUT2D eigenvalue weighted by molar-refractivity contribution is 5.82. The summed E-state index contributed by atoms with van der Waals surface area (Å²) >= 11 is 0. The molecule has 2 amide bonds. The lowest BCUT2D eigenvalue weighted by molar-refractivity contribution is -0.174. The van der Waals surface area contributed by atoms with E-state index >= 15 is 0 Å². The Labute approximate surface area is 120 Å². The van der Waals surface area contributed by atoms with Crippen molar-refractivity contribution >= 4 is 12.0 Å². The molecule has 0 bridgehead atoms. The Morgan fingerprint density at radius 2 is 1.90 bits per heavy atom. The highest BCUT2D eigenvalue weighted by atomic mass is 19.4. The summed E-state index contributed by atoms with van der Waals surface area (Å²) in [5.74, 6) is 0.268. The number of likely N-dealkylation sites (tertiary alicyclic amines) is 1. The van der Waals surface area contributed by atoms with E-state index in [9.17, 15) is 22.8 Å². The van der Waals surface area contributed by atoms with Gasteiger partial charge < -0.3 is 10.1 Å². The third-order valence-electron chi connectivity index (χ3n) is 2.71. The minimum Gasteiger partial charge on any atom is -0.444 e. The SMILES string of the molecule is C#C[C@H]1C[C@H](NC(=O)C(F)(F)F)CN1C(=O)OC(C)(C)C. The molecule has 118 valence electrons. The largest absolute Gasteiger partial charge is 0.471 e. The number of amides is 2. The van der Waals surface area contributed by atoms with E-state index in [1.807, 2.05) is 5.32 Å². The smallest absolute Gasteiger partial charge is 0.444 e. The van der Waals surface area contributed by atoms with Gasteiger partial charge in [-0.1, -0.05) is 5.92 Å². The van der Waals surface area contributed by atoms with E-state index in [1.165, 1.54) is 0 Å². The van der Waals surface area contributed by atoms with Crippen molar-refractivity contribution in [3.63, 3.8) is 0 Å². The molecule has 1 N–H and O–H groups in total. The first-order valence-electron chi connectivity index (χ1n) is 6.27. The Kier molecular flexibility index (Phi) is 4.76. The minimum atomic E-state index is -4.97. The molecule has 21 heavy (non-hydrogen) atoms. The molecule has 0 aliphatic carbocycles. The number of hydrogen-bond acceptors (Lipinski definition) is 3. The molecule has 1 rings (SSSR count). The number of rotatable bonds is 1. The monoisotopic (exact) mass is 306 g/mol. The number of halogens is 3. The molecule has 1 aliphatic heterocycles. The number of carbonyl (C=O) groups is 2. The fraction of sp³-hybridized carbons (Fsp3) is 0.692. The Morgan fingerprint density at radius 1 is 1.33 bits per heavy atom. The predicted molar refractivity (Wildman–Crippen MR) is 68.2 cm³/mol. The van der Waals surface area contributed by atoms with Crippen LogP contribution in [0.3, 0.4) is 0 Å². The molecular formula is C13H17F3N2O3. The molecular weight excluding hydrogens is 289 g/mol. The van der Waals surface area contributed by atoms with Gasteiger partial charge in [-0.3, -0.25) is 9.69 Å². The standard InChI is InChI=1S/C13H17F3N2O3/c1-5-9-6-8(17-10(19)13(14,15)16)7-18(9)11(20)21-12(2,3)4/h1,8-9H,6-7H2,2-4H3,(H,17,19)/t8-,9-/m0/s1. The summed E-state index contributed by atoms with van der Waals surface area (Å²) in [6.45, 7) is 4.86. The van der Waals surface area contributed by atoms with Crippen molar-refractivity contribution in [2.24, 2.45) is 0 Å².